The fourth-order valence-corrected chi connectivity index (χ4v) is 3.77. The van der Waals surface area contributed by atoms with E-state index in [1.807, 2.05) is 14.2 Å². The second kappa shape index (κ2) is 8.26. The summed E-state index contributed by atoms with van der Waals surface area (Å²) in [4.78, 5) is 0. The second-order valence-corrected chi connectivity index (χ2v) is 7.13. The van der Waals surface area contributed by atoms with Crippen molar-refractivity contribution in [2.24, 2.45) is 23.2 Å². The summed E-state index contributed by atoms with van der Waals surface area (Å²) in [6, 6.07) is 0. The first-order valence-electron chi connectivity index (χ1n) is 8.02. The zero-order valence-electron chi connectivity index (χ0n) is 13.7. The molecule has 0 saturated heterocycles. The van der Waals surface area contributed by atoms with E-state index in [0.29, 0.717) is 0 Å². The fourth-order valence-electron chi connectivity index (χ4n) is 3.77. The Morgan fingerprint density at radius 2 is 1.74 bits per heavy atom. The van der Waals surface area contributed by atoms with E-state index in [9.17, 15) is 0 Å². The van der Waals surface area contributed by atoms with Gasteiger partial charge in [0.15, 0.2) is 0 Å². The van der Waals surface area contributed by atoms with Gasteiger partial charge in [-0.2, -0.15) is 0 Å². The summed E-state index contributed by atoms with van der Waals surface area (Å²) in [7, 11) is 3.68. The highest BCUT2D eigenvalue weighted by Gasteiger charge is 2.40. The van der Waals surface area contributed by atoms with E-state index < -0.39 is 0 Å². The van der Waals surface area contributed by atoms with Crippen LogP contribution in [0.15, 0.2) is 0 Å². The van der Waals surface area contributed by atoms with Crippen LogP contribution >= 0.6 is 0 Å². The van der Waals surface area contributed by atoms with Gasteiger partial charge in [0.2, 0.25) is 0 Å². The molecule has 0 bridgehead atoms. The number of rotatable bonds is 8. The Morgan fingerprint density at radius 1 is 1.11 bits per heavy atom. The summed E-state index contributed by atoms with van der Waals surface area (Å²) in [6.45, 7) is 8.73. The predicted molar refractivity (Wildman–Crippen MR) is 81.4 cm³/mol. The van der Waals surface area contributed by atoms with Gasteiger partial charge >= 0.3 is 0 Å². The lowest BCUT2D eigenvalue weighted by Gasteiger charge is -2.44. The van der Waals surface area contributed by atoms with E-state index in [2.05, 4.69) is 20.8 Å². The molecule has 0 heterocycles. The monoisotopic (exact) mass is 270 g/mol. The molecule has 2 atom stereocenters. The van der Waals surface area contributed by atoms with Crippen LogP contribution in [0, 0.1) is 23.2 Å². The third kappa shape index (κ3) is 5.07. The molecule has 0 radical (unpaired) electrons. The highest BCUT2D eigenvalue weighted by atomic mass is 16.5. The zero-order valence-corrected chi connectivity index (χ0v) is 13.7. The molecule has 1 rings (SSSR count). The largest absolute Gasteiger partial charge is 0.384 e. The molecule has 1 fully saturated rings. The van der Waals surface area contributed by atoms with Gasteiger partial charge in [0.25, 0.3) is 0 Å². The Bertz CT molecular complexity index is 231. The number of methoxy groups -OCH3 is 2. The van der Waals surface area contributed by atoms with Gasteiger partial charge in [-0.15, -0.1) is 0 Å². The van der Waals surface area contributed by atoms with Gasteiger partial charge in [0.1, 0.15) is 0 Å². The van der Waals surface area contributed by atoms with Gasteiger partial charge in [0, 0.05) is 19.6 Å². The molecule has 0 spiro atoms. The number of hydrogen-bond donors (Lipinski definition) is 0. The van der Waals surface area contributed by atoms with Crippen molar-refractivity contribution >= 4 is 0 Å². The molecule has 0 aromatic heterocycles. The average Bonchev–Trinajstić information content (AvgIpc) is 2.36. The van der Waals surface area contributed by atoms with Crippen molar-refractivity contribution in [1.82, 2.24) is 0 Å². The van der Waals surface area contributed by atoms with E-state index in [4.69, 9.17) is 9.47 Å². The fraction of sp³-hybridized carbons (Fsp3) is 1.00. The van der Waals surface area contributed by atoms with Crippen LogP contribution in [0.2, 0.25) is 0 Å². The molecule has 0 N–H and O–H groups in total. The van der Waals surface area contributed by atoms with Crippen molar-refractivity contribution in [3.05, 3.63) is 0 Å². The Labute approximate surface area is 120 Å². The van der Waals surface area contributed by atoms with E-state index >= 15 is 0 Å². The third-order valence-corrected chi connectivity index (χ3v) is 4.89. The van der Waals surface area contributed by atoms with Crippen LogP contribution in [-0.4, -0.2) is 27.4 Å². The molecule has 114 valence electrons. The van der Waals surface area contributed by atoms with Gasteiger partial charge in [-0.3, -0.25) is 0 Å². The maximum absolute atomic E-state index is 5.60. The Morgan fingerprint density at radius 3 is 2.21 bits per heavy atom. The molecule has 1 saturated carbocycles. The molecular weight excluding hydrogens is 236 g/mol. The zero-order chi connectivity index (χ0) is 14.3. The van der Waals surface area contributed by atoms with Gasteiger partial charge in [-0.25, -0.2) is 0 Å². The summed E-state index contributed by atoms with van der Waals surface area (Å²) < 4.78 is 11.2. The summed E-state index contributed by atoms with van der Waals surface area (Å²) in [5.41, 5.74) is 0.239. The van der Waals surface area contributed by atoms with Crippen LogP contribution in [0.25, 0.3) is 0 Å². The molecule has 0 aromatic carbocycles. The summed E-state index contributed by atoms with van der Waals surface area (Å²) in [6.07, 6.45) is 8.00. The topological polar surface area (TPSA) is 18.5 Å². The summed E-state index contributed by atoms with van der Waals surface area (Å²) >= 11 is 0. The number of hydrogen-bond acceptors (Lipinski definition) is 2. The molecular formula is C17H34O2. The Hall–Kier alpha value is -0.0800. The molecule has 2 unspecified atom stereocenters. The molecule has 2 nitrogen and oxygen atoms in total. The molecule has 1 aliphatic rings. The molecule has 2 heteroatoms. The molecule has 0 amide bonds. The average molecular weight is 270 g/mol. The van der Waals surface area contributed by atoms with Gasteiger partial charge in [-0.05, 0) is 37.0 Å². The lowest BCUT2D eigenvalue weighted by atomic mass is 9.64. The first kappa shape index (κ1) is 17.0. The highest BCUT2D eigenvalue weighted by Crippen LogP contribution is 2.44. The van der Waals surface area contributed by atoms with Crippen LogP contribution in [0.3, 0.4) is 0 Å². The highest BCUT2D eigenvalue weighted by molar-refractivity contribution is 4.89. The minimum Gasteiger partial charge on any atom is -0.384 e. The first-order valence-corrected chi connectivity index (χ1v) is 8.02. The normalized spacial score (nSPS) is 24.9. The molecule has 0 aromatic rings. The first-order chi connectivity index (χ1) is 9.04. The van der Waals surface area contributed by atoms with Gasteiger partial charge in [0.05, 0.1) is 13.2 Å². The lowest BCUT2D eigenvalue weighted by molar-refractivity contribution is -0.0542. The molecule has 19 heavy (non-hydrogen) atoms. The van der Waals surface area contributed by atoms with Crippen molar-refractivity contribution in [1.29, 1.82) is 0 Å². The SMILES string of the molecule is COCC(CCC(C)C)(COC)C1CCCC(C)C1. The van der Waals surface area contributed by atoms with Gasteiger partial charge in [-0.1, -0.05) is 40.0 Å². The quantitative estimate of drug-likeness (QED) is 0.645. The number of ether oxygens (including phenoxy) is 2. The van der Waals surface area contributed by atoms with Crippen molar-refractivity contribution in [2.45, 2.75) is 59.3 Å². The van der Waals surface area contributed by atoms with Crippen LogP contribution in [-0.2, 0) is 9.47 Å². The minimum atomic E-state index is 0.239. The Balaban J connectivity index is 2.79. The van der Waals surface area contributed by atoms with Crippen molar-refractivity contribution in [2.75, 3.05) is 27.4 Å². The van der Waals surface area contributed by atoms with Crippen LogP contribution < -0.4 is 0 Å². The minimum absolute atomic E-state index is 0.239. The Kier molecular flexibility index (Phi) is 7.38. The van der Waals surface area contributed by atoms with Crippen molar-refractivity contribution < 1.29 is 9.47 Å². The van der Waals surface area contributed by atoms with Crippen molar-refractivity contribution in [3.8, 4) is 0 Å². The lowest BCUT2D eigenvalue weighted by Crippen LogP contribution is -2.41. The maximum Gasteiger partial charge on any atom is 0.0543 e. The van der Waals surface area contributed by atoms with Crippen LogP contribution in [0.4, 0.5) is 0 Å². The van der Waals surface area contributed by atoms with E-state index in [1.54, 1.807) is 0 Å². The van der Waals surface area contributed by atoms with E-state index in [1.165, 1.54) is 38.5 Å². The van der Waals surface area contributed by atoms with E-state index in [0.717, 1.165) is 31.0 Å². The molecule has 1 aliphatic carbocycles. The van der Waals surface area contributed by atoms with Crippen LogP contribution in [0.5, 0.6) is 0 Å². The van der Waals surface area contributed by atoms with Crippen LogP contribution in [0.1, 0.15) is 59.3 Å². The smallest absolute Gasteiger partial charge is 0.0543 e. The third-order valence-electron chi connectivity index (χ3n) is 4.89. The van der Waals surface area contributed by atoms with E-state index in [-0.39, 0.29) is 5.41 Å². The maximum atomic E-state index is 5.60. The second-order valence-electron chi connectivity index (χ2n) is 7.13. The standard InChI is InChI=1S/C17H34O2/c1-14(2)9-10-17(12-18-4,13-19-5)16-8-6-7-15(3)11-16/h14-16H,6-13H2,1-5H3. The summed E-state index contributed by atoms with van der Waals surface area (Å²) in [5.74, 6) is 2.40. The predicted octanol–water partition coefficient (Wildman–Crippen LogP) is 4.53. The summed E-state index contributed by atoms with van der Waals surface area (Å²) in [5, 5.41) is 0. The van der Waals surface area contributed by atoms with Gasteiger partial charge < -0.3 is 9.47 Å². The molecule has 0 aliphatic heterocycles. The van der Waals surface area contributed by atoms with Crippen molar-refractivity contribution in [3.63, 3.8) is 0 Å².